The number of carbonyl (C=O) groups excluding carboxylic acids is 2. The SMILES string of the molecule is COc1ccc(S(=O)(=O)N(CC(=O)N(Cc2ccccc2)[C@H](Cc2ccccc2)C(=O)NC2CCCC2)c2ccccc2OC)cc1. The molecule has 5 rings (SSSR count). The van der Waals surface area contributed by atoms with Crippen molar-refractivity contribution < 1.29 is 27.5 Å². The number of methoxy groups -OCH3 is 2. The molecular formula is C37H41N3O6S. The maximum atomic E-state index is 14.7. The van der Waals surface area contributed by atoms with Crippen LogP contribution in [-0.2, 0) is 32.6 Å². The first-order chi connectivity index (χ1) is 22.8. The van der Waals surface area contributed by atoms with Gasteiger partial charge in [-0.2, -0.15) is 0 Å². The summed E-state index contributed by atoms with van der Waals surface area (Å²) < 4.78 is 40.5. The highest BCUT2D eigenvalue weighted by molar-refractivity contribution is 7.92. The van der Waals surface area contributed by atoms with Gasteiger partial charge in [0.1, 0.15) is 24.1 Å². The average molecular weight is 656 g/mol. The lowest BCUT2D eigenvalue weighted by molar-refractivity contribution is -0.140. The van der Waals surface area contributed by atoms with Gasteiger partial charge in [-0.25, -0.2) is 8.42 Å². The van der Waals surface area contributed by atoms with Crippen LogP contribution in [0.15, 0.2) is 114 Å². The summed E-state index contributed by atoms with van der Waals surface area (Å²) in [5.41, 5.74) is 1.90. The number of para-hydroxylation sites is 2. The molecule has 246 valence electrons. The van der Waals surface area contributed by atoms with Gasteiger partial charge in [0.05, 0.1) is 24.8 Å². The zero-order valence-corrected chi connectivity index (χ0v) is 27.6. The third kappa shape index (κ3) is 8.31. The van der Waals surface area contributed by atoms with Crippen molar-refractivity contribution in [3.8, 4) is 11.5 Å². The van der Waals surface area contributed by atoms with Crippen molar-refractivity contribution in [1.29, 1.82) is 0 Å². The Morgan fingerprint density at radius 3 is 2.00 bits per heavy atom. The van der Waals surface area contributed by atoms with Crippen molar-refractivity contribution in [1.82, 2.24) is 10.2 Å². The number of rotatable bonds is 14. The molecule has 0 unspecified atom stereocenters. The number of anilines is 1. The van der Waals surface area contributed by atoms with Gasteiger partial charge in [0.2, 0.25) is 11.8 Å². The quantitative estimate of drug-likeness (QED) is 0.190. The summed E-state index contributed by atoms with van der Waals surface area (Å²) in [4.78, 5) is 30.3. The molecule has 10 heteroatoms. The number of hydrogen-bond acceptors (Lipinski definition) is 6. The average Bonchev–Trinajstić information content (AvgIpc) is 3.62. The van der Waals surface area contributed by atoms with Gasteiger partial charge >= 0.3 is 0 Å². The van der Waals surface area contributed by atoms with Gasteiger partial charge in [-0.1, -0.05) is 85.6 Å². The van der Waals surface area contributed by atoms with E-state index < -0.39 is 28.5 Å². The van der Waals surface area contributed by atoms with Crippen LogP contribution in [0.3, 0.4) is 0 Å². The largest absolute Gasteiger partial charge is 0.497 e. The topological polar surface area (TPSA) is 105 Å². The van der Waals surface area contributed by atoms with Crippen LogP contribution in [0.4, 0.5) is 5.69 Å². The Kier molecular flexibility index (Phi) is 11.2. The first kappa shape index (κ1) is 33.5. The predicted molar refractivity (Wildman–Crippen MR) is 182 cm³/mol. The molecule has 9 nitrogen and oxygen atoms in total. The van der Waals surface area contributed by atoms with E-state index in [0.29, 0.717) is 5.75 Å². The van der Waals surface area contributed by atoms with Crippen LogP contribution in [0, 0.1) is 0 Å². The number of hydrogen-bond donors (Lipinski definition) is 1. The summed E-state index contributed by atoms with van der Waals surface area (Å²) >= 11 is 0. The first-order valence-corrected chi connectivity index (χ1v) is 17.2. The third-order valence-corrected chi connectivity index (χ3v) is 10.2. The van der Waals surface area contributed by atoms with E-state index in [-0.39, 0.29) is 41.2 Å². The molecule has 0 aliphatic heterocycles. The van der Waals surface area contributed by atoms with E-state index in [0.717, 1.165) is 41.1 Å². The predicted octanol–water partition coefficient (Wildman–Crippen LogP) is 5.60. The molecule has 1 fully saturated rings. The normalized spacial score (nSPS) is 13.8. The third-order valence-electron chi connectivity index (χ3n) is 8.45. The molecule has 4 aromatic carbocycles. The van der Waals surface area contributed by atoms with Crippen molar-refractivity contribution in [3.63, 3.8) is 0 Å². The maximum Gasteiger partial charge on any atom is 0.264 e. The van der Waals surface area contributed by atoms with E-state index in [2.05, 4.69) is 5.32 Å². The van der Waals surface area contributed by atoms with Gasteiger partial charge in [0, 0.05) is 19.0 Å². The van der Waals surface area contributed by atoms with Gasteiger partial charge in [-0.15, -0.1) is 0 Å². The zero-order chi connectivity index (χ0) is 33.2. The van der Waals surface area contributed by atoms with Crippen molar-refractivity contribution in [2.24, 2.45) is 0 Å². The highest BCUT2D eigenvalue weighted by atomic mass is 32.2. The lowest BCUT2D eigenvalue weighted by Gasteiger charge is -2.34. The van der Waals surface area contributed by atoms with Crippen molar-refractivity contribution >= 4 is 27.5 Å². The molecule has 47 heavy (non-hydrogen) atoms. The zero-order valence-electron chi connectivity index (χ0n) is 26.7. The number of benzene rings is 4. The summed E-state index contributed by atoms with van der Waals surface area (Å²) in [5.74, 6) is -0.00650. The molecule has 2 amide bonds. The van der Waals surface area contributed by atoms with Crippen molar-refractivity contribution in [2.45, 2.75) is 55.6 Å². The van der Waals surface area contributed by atoms with Crippen molar-refractivity contribution in [2.75, 3.05) is 25.1 Å². The van der Waals surface area contributed by atoms with Gasteiger partial charge in [-0.3, -0.25) is 13.9 Å². The molecule has 1 saturated carbocycles. The summed E-state index contributed by atoms with van der Waals surface area (Å²) in [7, 11) is -1.34. The van der Waals surface area contributed by atoms with Crippen LogP contribution in [0.2, 0.25) is 0 Å². The number of carbonyl (C=O) groups is 2. The second-order valence-electron chi connectivity index (χ2n) is 11.6. The molecular weight excluding hydrogens is 614 g/mol. The molecule has 1 atom stereocenters. The number of sulfonamides is 1. The molecule has 0 bridgehead atoms. The molecule has 4 aromatic rings. The first-order valence-electron chi connectivity index (χ1n) is 15.8. The van der Waals surface area contributed by atoms with Crippen LogP contribution in [-0.4, -0.2) is 58.0 Å². The molecule has 0 heterocycles. The second-order valence-corrected chi connectivity index (χ2v) is 13.4. The van der Waals surface area contributed by atoms with E-state index in [4.69, 9.17) is 9.47 Å². The minimum Gasteiger partial charge on any atom is -0.497 e. The second kappa shape index (κ2) is 15.6. The number of ether oxygens (including phenoxy) is 2. The van der Waals surface area contributed by atoms with E-state index in [1.807, 2.05) is 60.7 Å². The Balaban J connectivity index is 1.57. The fourth-order valence-electron chi connectivity index (χ4n) is 5.93. The van der Waals surface area contributed by atoms with E-state index in [1.54, 1.807) is 36.4 Å². The fourth-order valence-corrected chi connectivity index (χ4v) is 7.35. The Bertz CT molecular complexity index is 1730. The maximum absolute atomic E-state index is 14.7. The molecule has 0 spiro atoms. The van der Waals surface area contributed by atoms with Gasteiger partial charge < -0.3 is 19.7 Å². The number of nitrogens with one attached hydrogen (secondary N) is 1. The van der Waals surface area contributed by atoms with Crippen LogP contribution < -0.4 is 19.1 Å². The number of amides is 2. The van der Waals surface area contributed by atoms with Crippen LogP contribution in [0.5, 0.6) is 11.5 Å². The summed E-state index contributed by atoms with van der Waals surface area (Å²) in [6, 6.07) is 30.8. The van der Waals surface area contributed by atoms with Crippen LogP contribution >= 0.6 is 0 Å². The molecule has 1 aliphatic rings. The Morgan fingerprint density at radius 1 is 0.787 bits per heavy atom. The molecule has 1 N–H and O–H groups in total. The summed E-state index contributed by atoms with van der Waals surface area (Å²) in [5, 5.41) is 3.19. The number of nitrogens with zero attached hydrogens (tertiary/aromatic N) is 2. The Hall–Kier alpha value is -4.83. The minimum atomic E-state index is -4.29. The highest BCUT2D eigenvalue weighted by Crippen LogP contribution is 2.33. The molecule has 0 saturated heterocycles. The molecule has 0 radical (unpaired) electrons. The van der Waals surface area contributed by atoms with Gasteiger partial charge in [0.25, 0.3) is 10.0 Å². The van der Waals surface area contributed by atoms with Crippen LogP contribution in [0.25, 0.3) is 0 Å². The minimum absolute atomic E-state index is 0.0218. The van der Waals surface area contributed by atoms with Crippen molar-refractivity contribution in [3.05, 3.63) is 120 Å². The summed E-state index contributed by atoms with van der Waals surface area (Å²) in [6.07, 6.45) is 4.12. The van der Waals surface area contributed by atoms with E-state index in [9.17, 15) is 18.0 Å². The Morgan fingerprint density at radius 2 is 1.38 bits per heavy atom. The van der Waals surface area contributed by atoms with Gasteiger partial charge in [-0.05, 0) is 60.4 Å². The molecule has 0 aromatic heterocycles. The van der Waals surface area contributed by atoms with E-state index >= 15 is 0 Å². The van der Waals surface area contributed by atoms with Crippen LogP contribution in [0.1, 0.15) is 36.8 Å². The molecule has 1 aliphatic carbocycles. The van der Waals surface area contributed by atoms with Gasteiger partial charge in [0.15, 0.2) is 0 Å². The lowest BCUT2D eigenvalue weighted by atomic mass is 10.0. The highest BCUT2D eigenvalue weighted by Gasteiger charge is 2.36. The lowest BCUT2D eigenvalue weighted by Crippen LogP contribution is -2.54. The van der Waals surface area contributed by atoms with E-state index in [1.165, 1.54) is 31.3 Å². The standard InChI is InChI=1S/C37H41N3O6S/c1-45-31-21-23-32(24-22-31)47(43,44)40(33-19-11-12-20-35(33)46-2)27-36(41)39(26-29-15-7-4-8-16-29)34(25-28-13-5-3-6-14-28)37(42)38-30-17-9-10-18-30/h3-8,11-16,19-24,30,34H,9-10,17-18,25-27H2,1-2H3,(H,38,42)/t34-/m1/s1. The fraction of sp³-hybridized carbons (Fsp3) is 0.297. The Labute approximate surface area is 277 Å². The summed E-state index contributed by atoms with van der Waals surface area (Å²) in [6.45, 7) is -0.457. The monoisotopic (exact) mass is 655 g/mol. The smallest absolute Gasteiger partial charge is 0.264 e.